The minimum atomic E-state index is -0.821. The molecule has 1 aliphatic rings. The first kappa shape index (κ1) is 30.9. The first-order valence-electron chi connectivity index (χ1n) is 13.1. The van der Waals surface area contributed by atoms with E-state index in [0.29, 0.717) is 49.2 Å². The van der Waals surface area contributed by atoms with Crippen LogP contribution in [0.2, 0.25) is 0 Å². The van der Waals surface area contributed by atoms with Gasteiger partial charge in [-0.3, -0.25) is 9.36 Å². The summed E-state index contributed by atoms with van der Waals surface area (Å²) in [5.74, 6) is 3.76. The Kier molecular flexibility index (Phi) is 9.81. The number of allylic oxidation sites excluding steroid dienone is 1. The number of ether oxygens (including phenoxy) is 5. The van der Waals surface area contributed by atoms with Gasteiger partial charge >= 0.3 is 5.97 Å². The Hall–Kier alpha value is -4.01. The summed E-state index contributed by atoms with van der Waals surface area (Å²) in [4.78, 5) is 32.4. The second kappa shape index (κ2) is 13.3. The van der Waals surface area contributed by atoms with Crippen molar-refractivity contribution in [3.63, 3.8) is 0 Å². The number of methoxy groups -OCH3 is 2. The number of carbonyl (C=O) groups is 1. The SMILES string of the molecule is C#CCOc1c(/C=c2/sc3n(c2=O)[C@H](c2ccc(OC(C)C)c(OC)c2)C(C(=O)OCC)=C(C)N=3)cc(Br)cc1OC. The van der Waals surface area contributed by atoms with Crippen LogP contribution in [0.15, 0.2) is 55.9 Å². The lowest BCUT2D eigenvalue weighted by Gasteiger charge is -2.25. The monoisotopic (exact) mass is 654 g/mol. The fourth-order valence-corrected chi connectivity index (χ4v) is 6.06. The molecule has 0 radical (unpaired) electrons. The van der Waals surface area contributed by atoms with Crippen molar-refractivity contribution in [1.29, 1.82) is 0 Å². The van der Waals surface area contributed by atoms with Crippen molar-refractivity contribution in [3.8, 4) is 35.3 Å². The Labute approximate surface area is 256 Å². The van der Waals surface area contributed by atoms with Crippen molar-refractivity contribution in [3.05, 3.63) is 76.9 Å². The number of hydrogen-bond donors (Lipinski definition) is 0. The lowest BCUT2D eigenvalue weighted by atomic mass is 9.95. The number of esters is 1. The van der Waals surface area contributed by atoms with E-state index in [0.717, 1.165) is 4.47 Å². The number of rotatable bonds is 10. The van der Waals surface area contributed by atoms with Gasteiger partial charge in [0.2, 0.25) is 0 Å². The van der Waals surface area contributed by atoms with Crippen molar-refractivity contribution < 1.29 is 28.5 Å². The zero-order chi connectivity index (χ0) is 30.6. The van der Waals surface area contributed by atoms with Crippen LogP contribution >= 0.6 is 27.3 Å². The summed E-state index contributed by atoms with van der Waals surface area (Å²) in [7, 11) is 3.06. The molecule has 0 spiro atoms. The molecule has 0 saturated carbocycles. The fraction of sp³-hybridized carbons (Fsp3) is 0.323. The van der Waals surface area contributed by atoms with Gasteiger partial charge in [0.25, 0.3) is 5.56 Å². The molecule has 0 amide bonds. The summed E-state index contributed by atoms with van der Waals surface area (Å²) in [6.07, 6.45) is 7.05. The predicted molar refractivity (Wildman–Crippen MR) is 164 cm³/mol. The number of aromatic nitrogens is 1. The molecule has 0 aliphatic carbocycles. The first-order valence-corrected chi connectivity index (χ1v) is 14.7. The second-order valence-electron chi connectivity index (χ2n) is 9.40. The van der Waals surface area contributed by atoms with Gasteiger partial charge in [-0.2, -0.15) is 0 Å². The highest BCUT2D eigenvalue weighted by atomic mass is 79.9. The number of nitrogens with zero attached hydrogens (tertiary/aromatic N) is 2. The third-order valence-corrected chi connectivity index (χ3v) is 7.68. The van der Waals surface area contributed by atoms with Crippen LogP contribution in [0.1, 0.15) is 44.9 Å². The normalized spacial score (nSPS) is 14.6. The van der Waals surface area contributed by atoms with E-state index in [-0.39, 0.29) is 30.5 Å². The molecule has 0 saturated heterocycles. The molecular weight excluding hydrogens is 624 g/mol. The average Bonchev–Trinajstić information content (AvgIpc) is 3.25. The fourth-order valence-electron chi connectivity index (χ4n) is 4.57. The van der Waals surface area contributed by atoms with Crippen molar-refractivity contribution in [2.24, 2.45) is 4.99 Å². The number of fused-ring (bicyclic) bond motifs is 1. The lowest BCUT2D eigenvalue weighted by Crippen LogP contribution is -2.40. The van der Waals surface area contributed by atoms with Crippen LogP contribution in [0.3, 0.4) is 0 Å². The van der Waals surface area contributed by atoms with E-state index < -0.39 is 12.0 Å². The van der Waals surface area contributed by atoms with Gasteiger partial charge in [-0.05, 0) is 63.6 Å². The van der Waals surface area contributed by atoms with E-state index in [1.54, 1.807) is 44.2 Å². The van der Waals surface area contributed by atoms with Crippen LogP contribution < -0.4 is 33.8 Å². The van der Waals surface area contributed by atoms with E-state index in [9.17, 15) is 9.59 Å². The van der Waals surface area contributed by atoms with Crippen LogP contribution in [-0.4, -0.2) is 44.1 Å². The summed E-state index contributed by atoms with van der Waals surface area (Å²) < 4.78 is 30.8. The zero-order valence-corrected chi connectivity index (χ0v) is 26.6. The topological polar surface area (TPSA) is 97.6 Å². The van der Waals surface area contributed by atoms with Gasteiger partial charge in [-0.1, -0.05) is 39.3 Å². The van der Waals surface area contributed by atoms with Gasteiger partial charge < -0.3 is 23.7 Å². The van der Waals surface area contributed by atoms with Crippen molar-refractivity contribution in [2.45, 2.75) is 39.8 Å². The van der Waals surface area contributed by atoms with Crippen LogP contribution in [-0.2, 0) is 9.53 Å². The number of carbonyl (C=O) groups excluding carboxylic acids is 1. The van der Waals surface area contributed by atoms with Gasteiger partial charge in [0.05, 0.1) is 48.8 Å². The molecule has 9 nitrogen and oxygen atoms in total. The molecule has 42 heavy (non-hydrogen) atoms. The van der Waals surface area contributed by atoms with Gasteiger partial charge in [0.15, 0.2) is 27.8 Å². The molecule has 1 aliphatic heterocycles. The van der Waals surface area contributed by atoms with Crippen molar-refractivity contribution in [1.82, 2.24) is 4.57 Å². The van der Waals surface area contributed by atoms with Gasteiger partial charge in [-0.25, -0.2) is 9.79 Å². The highest BCUT2D eigenvalue weighted by molar-refractivity contribution is 9.10. The second-order valence-corrected chi connectivity index (χ2v) is 11.3. The minimum Gasteiger partial charge on any atom is -0.493 e. The Morgan fingerprint density at radius 1 is 1.19 bits per heavy atom. The molecular formula is C31H31BrN2O7S. The minimum absolute atomic E-state index is 0.0144. The van der Waals surface area contributed by atoms with Gasteiger partial charge in [0.1, 0.15) is 6.61 Å². The Bertz CT molecular complexity index is 1760. The summed E-state index contributed by atoms with van der Waals surface area (Å²) in [6, 6.07) is 8.08. The summed E-state index contributed by atoms with van der Waals surface area (Å²) in [5.41, 5.74) is 1.58. The first-order chi connectivity index (χ1) is 20.1. The number of thiazole rings is 1. The molecule has 2 aromatic carbocycles. The largest absolute Gasteiger partial charge is 0.493 e. The van der Waals surface area contributed by atoms with Crippen LogP contribution in [0.25, 0.3) is 6.08 Å². The van der Waals surface area contributed by atoms with Crippen LogP contribution in [0.5, 0.6) is 23.0 Å². The number of benzene rings is 2. The maximum Gasteiger partial charge on any atom is 0.338 e. The van der Waals surface area contributed by atoms with E-state index in [4.69, 9.17) is 30.1 Å². The van der Waals surface area contributed by atoms with E-state index in [1.165, 1.54) is 30.1 Å². The molecule has 220 valence electrons. The third-order valence-electron chi connectivity index (χ3n) is 6.24. The molecule has 2 heterocycles. The lowest BCUT2D eigenvalue weighted by molar-refractivity contribution is -0.139. The predicted octanol–water partition coefficient (Wildman–Crippen LogP) is 4.38. The standard InChI is InChI=1S/C31H31BrN2O7S/c1-8-12-40-28-20(13-21(32)16-24(28)38-7)15-25-29(35)34-27(19-10-11-22(41-17(3)4)23(14-19)37-6)26(30(36)39-9-2)18(5)33-31(34)42-25/h1,10-11,13-17,27H,9,12H2,2-7H3/b25-15+/t27-/m1/s1. The maximum absolute atomic E-state index is 14.1. The van der Waals surface area contributed by atoms with Crippen molar-refractivity contribution in [2.75, 3.05) is 27.4 Å². The molecule has 4 rings (SSSR count). The quantitative estimate of drug-likeness (QED) is 0.236. The Morgan fingerprint density at radius 2 is 1.93 bits per heavy atom. The Balaban J connectivity index is 1.98. The molecule has 1 atom stereocenters. The molecule has 11 heteroatoms. The molecule has 3 aromatic rings. The zero-order valence-electron chi connectivity index (χ0n) is 24.1. The van der Waals surface area contributed by atoms with Gasteiger partial charge in [-0.15, -0.1) is 6.42 Å². The summed E-state index contributed by atoms with van der Waals surface area (Å²) in [6.45, 7) is 7.48. The number of hydrogen-bond acceptors (Lipinski definition) is 9. The molecule has 1 aromatic heterocycles. The average molecular weight is 656 g/mol. The van der Waals surface area contributed by atoms with Crippen molar-refractivity contribution >= 4 is 39.3 Å². The molecule has 0 fully saturated rings. The molecule has 0 unspecified atom stereocenters. The van der Waals surface area contributed by atoms with Crippen LogP contribution in [0.4, 0.5) is 0 Å². The third kappa shape index (κ3) is 6.25. The highest BCUT2D eigenvalue weighted by Gasteiger charge is 2.34. The van der Waals surface area contributed by atoms with E-state index >= 15 is 0 Å². The summed E-state index contributed by atoms with van der Waals surface area (Å²) >= 11 is 4.68. The number of halogens is 1. The van der Waals surface area contributed by atoms with E-state index in [1.807, 2.05) is 19.9 Å². The summed E-state index contributed by atoms with van der Waals surface area (Å²) in [5, 5.41) is 0. The Morgan fingerprint density at radius 3 is 2.57 bits per heavy atom. The molecule has 0 N–H and O–H groups in total. The highest BCUT2D eigenvalue weighted by Crippen LogP contribution is 2.37. The molecule has 0 bridgehead atoms. The number of terminal acetylenes is 1. The van der Waals surface area contributed by atoms with E-state index in [2.05, 4.69) is 26.8 Å². The smallest absolute Gasteiger partial charge is 0.338 e. The maximum atomic E-state index is 14.1. The van der Waals surface area contributed by atoms with Crippen LogP contribution in [0, 0.1) is 12.3 Å². The van der Waals surface area contributed by atoms with Gasteiger partial charge in [0, 0.05) is 10.0 Å².